The zero-order valence-electron chi connectivity index (χ0n) is 16.6. The van der Waals surface area contributed by atoms with Crippen LogP contribution < -0.4 is 5.32 Å². The quantitative estimate of drug-likeness (QED) is 0.334. The topological polar surface area (TPSA) is 102 Å². The van der Waals surface area contributed by atoms with Gasteiger partial charge < -0.3 is 15.0 Å². The number of fused-ring (bicyclic) bond motifs is 1. The molecule has 0 amide bonds. The zero-order chi connectivity index (χ0) is 22.1. The molecule has 31 heavy (non-hydrogen) atoms. The molecule has 0 atom stereocenters. The smallest absolute Gasteiger partial charge is 0.291 e. The monoisotopic (exact) mass is 431 g/mol. The minimum Gasteiger partial charge on any atom is -0.412 e. The van der Waals surface area contributed by atoms with E-state index in [0.717, 1.165) is 6.07 Å². The SMILES string of the molecule is CC(=N)OC(=N)N1CCC(Nc2nc3c(-c4ccc(F)c(F)c4F)cccn3n2)CC1. The highest BCUT2D eigenvalue weighted by atomic mass is 19.2. The van der Waals surface area contributed by atoms with Crippen LogP contribution in [0.5, 0.6) is 0 Å². The second kappa shape index (κ2) is 8.25. The van der Waals surface area contributed by atoms with E-state index in [-0.39, 0.29) is 23.5 Å². The summed E-state index contributed by atoms with van der Waals surface area (Å²) in [5, 5.41) is 22.8. The first-order chi connectivity index (χ1) is 14.8. The van der Waals surface area contributed by atoms with Crippen LogP contribution in [-0.4, -0.2) is 50.5 Å². The summed E-state index contributed by atoms with van der Waals surface area (Å²) in [5.74, 6) is -3.76. The molecule has 4 rings (SSSR count). The highest BCUT2D eigenvalue weighted by Gasteiger charge is 2.24. The molecule has 0 bridgehead atoms. The molecule has 1 aliphatic rings. The molecule has 3 aromatic rings. The molecule has 1 fully saturated rings. The van der Waals surface area contributed by atoms with E-state index in [1.807, 2.05) is 0 Å². The summed E-state index contributed by atoms with van der Waals surface area (Å²) in [6, 6.07) is 5.24. The van der Waals surface area contributed by atoms with Crippen LogP contribution in [-0.2, 0) is 4.74 Å². The number of amidine groups is 1. The molecule has 3 N–H and O–H groups in total. The number of nitrogens with zero attached hydrogens (tertiary/aromatic N) is 4. The van der Waals surface area contributed by atoms with Crippen molar-refractivity contribution in [3.05, 3.63) is 47.9 Å². The predicted molar refractivity (Wildman–Crippen MR) is 109 cm³/mol. The van der Waals surface area contributed by atoms with E-state index in [2.05, 4.69) is 15.4 Å². The second-order valence-corrected chi connectivity index (χ2v) is 7.22. The van der Waals surface area contributed by atoms with E-state index >= 15 is 0 Å². The largest absolute Gasteiger partial charge is 0.412 e. The summed E-state index contributed by atoms with van der Waals surface area (Å²) < 4.78 is 47.8. The van der Waals surface area contributed by atoms with Gasteiger partial charge in [-0.15, -0.1) is 5.10 Å². The van der Waals surface area contributed by atoms with E-state index in [0.29, 0.717) is 43.1 Å². The van der Waals surface area contributed by atoms with Gasteiger partial charge in [-0.1, -0.05) is 0 Å². The summed E-state index contributed by atoms with van der Waals surface area (Å²) in [7, 11) is 0. The van der Waals surface area contributed by atoms with Gasteiger partial charge in [-0.2, -0.15) is 4.98 Å². The van der Waals surface area contributed by atoms with Crippen molar-refractivity contribution in [2.45, 2.75) is 25.8 Å². The Kier molecular flexibility index (Phi) is 5.49. The maximum absolute atomic E-state index is 14.3. The van der Waals surface area contributed by atoms with Crippen LogP contribution in [0.3, 0.4) is 0 Å². The molecule has 0 spiro atoms. The standard InChI is InChI=1S/C20H20F3N7O/c1-11(24)31-19(25)29-9-6-12(7-10-29)26-20-27-18-14(3-2-8-30(18)28-20)13-4-5-15(21)17(23)16(13)22/h2-5,8,12,24-25H,6-7,9-10H2,1H3,(H,26,28). The third kappa shape index (κ3) is 4.16. The van der Waals surface area contributed by atoms with Crippen LogP contribution in [0.15, 0.2) is 30.5 Å². The van der Waals surface area contributed by atoms with Crippen LogP contribution in [0.4, 0.5) is 19.1 Å². The van der Waals surface area contributed by atoms with Crippen molar-refractivity contribution < 1.29 is 17.9 Å². The summed E-state index contributed by atoms with van der Waals surface area (Å²) in [4.78, 5) is 6.17. The molecular formula is C20H20F3N7O. The van der Waals surface area contributed by atoms with Crippen molar-refractivity contribution in [3.63, 3.8) is 0 Å². The summed E-state index contributed by atoms with van der Waals surface area (Å²) in [5.41, 5.74) is 0.502. The van der Waals surface area contributed by atoms with Crippen molar-refractivity contribution in [2.75, 3.05) is 18.4 Å². The van der Waals surface area contributed by atoms with Crippen LogP contribution in [0.2, 0.25) is 0 Å². The fraction of sp³-hybridized carbons (Fsp3) is 0.300. The molecule has 1 saturated heterocycles. The Hall–Kier alpha value is -3.63. The van der Waals surface area contributed by atoms with Gasteiger partial charge in [0.25, 0.3) is 6.02 Å². The Bertz CT molecular complexity index is 1160. The summed E-state index contributed by atoms with van der Waals surface area (Å²) in [6.07, 6.45) is 3.03. The van der Waals surface area contributed by atoms with Crippen molar-refractivity contribution >= 4 is 23.5 Å². The number of nitrogens with one attached hydrogen (secondary N) is 3. The number of aromatic nitrogens is 3. The highest BCUT2D eigenvalue weighted by molar-refractivity contribution is 5.86. The molecule has 11 heteroatoms. The Labute approximate surface area is 175 Å². The summed E-state index contributed by atoms with van der Waals surface area (Å²) in [6.45, 7) is 2.61. The maximum atomic E-state index is 14.3. The average Bonchev–Trinajstić information content (AvgIpc) is 3.15. The number of ether oxygens (including phenoxy) is 1. The molecule has 0 radical (unpaired) electrons. The van der Waals surface area contributed by atoms with Gasteiger partial charge in [0.05, 0.1) is 0 Å². The Morgan fingerprint density at radius 1 is 1.10 bits per heavy atom. The fourth-order valence-electron chi connectivity index (χ4n) is 3.53. The van der Waals surface area contributed by atoms with Crippen LogP contribution in [0, 0.1) is 28.3 Å². The van der Waals surface area contributed by atoms with Crippen LogP contribution in [0.25, 0.3) is 16.8 Å². The molecule has 2 aromatic heterocycles. The lowest BCUT2D eigenvalue weighted by molar-refractivity contribution is 0.272. The lowest BCUT2D eigenvalue weighted by atomic mass is 10.1. The van der Waals surface area contributed by atoms with Gasteiger partial charge in [-0.25, -0.2) is 17.7 Å². The number of hydrogen-bond donors (Lipinski definition) is 3. The number of piperidine rings is 1. The number of benzene rings is 1. The third-order valence-corrected chi connectivity index (χ3v) is 5.05. The van der Waals surface area contributed by atoms with Crippen LogP contribution >= 0.6 is 0 Å². The minimum absolute atomic E-state index is 0.0348. The lowest BCUT2D eigenvalue weighted by Gasteiger charge is -2.32. The van der Waals surface area contributed by atoms with Crippen molar-refractivity contribution in [1.29, 1.82) is 10.8 Å². The van der Waals surface area contributed by atoms with Gasteiger partial charge in [0.15, 0.2) is 29.0 Å². The van der Waals surface area contributed by atoms with E-state index in [1.54, 1.807) is 23.2 Å². The van der Waals surface area contributed by atoms with Gasteiger partial charge in [-0.3, -0.25) is 10.8 Å². The minimum atomic E-state index is -1.53. The number of anilines is 1. The first kappa shape index (κ1) is 20.6. The number of hydrogen-bond acceptors (Lipinski definition) is 6. The van der Waals surface area contributed by atoms with Gasteiger partial charge in [-0.05, 0) is 37.1 Å². The maximum Gasteiger partial charge on any atom is 0.291 e. The van der Waals surface area contributed by atoms with Gasteiger partial charge in [0.2, 0.25) is 5.95 Å². The number of pyridine rings is 1. The first-order valence-corrected chi connectivity index (χ1v) is 9.66. The van der Waals surface area contributed by atoms with Crippen molar-refractivity contribution in [2.24, 2.45) is 0 Å². The number of halogens is 3. The van der Waals surface area contributed by atoms with Crippen molar-refractivity contribution in [3.8, 4) is 11.1 Å². The van der Waals surface area contributed by atoms with E-state index in [1.165, 1.54) is 17.5 Å². The molecule has 0 unspecified atom stereocenters. The van der Waals surface area contributed by atoms with E-state index < -0.39 is 17.5 Å². The molecule has 162 valence electrons. The normalized spacial score (nSPS) is 14.6. The van der Waals surface area contributed by atoms with Gasteiger partial charge >= 0.3 is 0 Å². The fourth-order valence-corrected chi connectivity index (χ4v) is 3.53. The Morgan fingerprint density at radius 2 is 1.84 bits per heavy atom. The second-order valence-electron chi connectivity index (χ2n) is 7.22. The highest BCUT2D eigenvalue weighted by Crippen LogP contribution is 2.29. The van der Waals surface area contributed by atoms with E-state index in [9.17, 15) is 13.2 Å². The molecule has 0 aliphatic carbocycles. The zero-order valence-corrected chi connectivity index (χ0v) is 16.6. The molecule has 1 aromatic carbocycles. The summed E-state index contributed by atoms with van der Waals surface area (Å²) >= 11 is 0. The Balaban J connectivity index is 1.51. The first-order valence-electron chi connectivity index (χ1n) is 9.66. The molecule has 0 saturated carbocycles. The lowest BCUT2D eigenvalue weighted by Crippen LogP contribution is -2.43. The number of rotatable bonds is 3. The Morgan fingerprint density at radius 3 is 2.55 bits per heavy atom. The average molecular weight is 431 g/mol. The van der Waals surface area contributed by atoms with Crippen LogP contribution in [0.1, 0.15) is 19.8 Å². The van der Waals surface area contributed by atoms with Gasteiger partial charge in [0.1, 0.15) is 0 Å². The predicted octanol–water partition coefficient (Wildman–Crippen LogP) is 3.64. The number of likely N-dealkylation sites (tertiary alicyclic amines) is 1. The molecule has 3 heterocycles. The molecular weight excluding hydrogens is 411 g/mol. The third-order valence-electron chi connectivity index (χ3n) is 5.05. The van der Waals surface area contributed by atoms with E-state index in [4.69, 9.17) is 15.6 Å². The van der Waals surface area contributed by atoms with Crippen molar-refractivity contribution in [1.82, 2.24) is 19.5 Å². The van der Waals surface area contributed by atoms with Gasteiger partial charge in [0, 0.05) is 43.4 Å². The molecule has 1 aliphatic heterocycles. The molecule has 8 nitrogen and oxygen atoms in total.